The highest BCUT2D eigenvalue weighted by atomic mass is 16.2. The van der Waals surface area contributed by atoms with Gasteiger partial charge < -0.3 is 20.1 Å². The number of nitrogens with zero attached hydrogens (tertiary/aromatic N) is 4. The highest BCUT2D eigenvalue weighted by Crippen LogP contribution is 2.24. The molecule has 2 heterocycles. The summed E-state index contributed by atoms with van der Waals surface area (Å²) >= 11 is 0. The number of anilines is 3. The molecule has 0 atom stereocenters. The summed E-state index contributed by atoms with van der Waals surface area (Å²) in [7, 11) is 5.35. The summed E-state index contributed by atoms with van der Waals surface area (Å²) in [6.07, 6.45) is 1.77. The number of hydrogen-bond acceptors (Lipinski definition) is 5. The first-order valence-corrected chi connectivity index (χ1v) is 9.72. The van der Waals surface area contributed by atoms with Crippen LogP contribution in [-0.4, -0.2) is 46.5 Å². The third kappa shape index (κ3) is 3.96. The van der Waals surface area contributed by atoms with Crippen LogP contribution in [-0.2, 0) is 6.54 Å². The van der Waals surface area contributed by atoms with Gasteiger partial charge in [0.1, 0.15) is 11.3 Å². The Morgan fingerprint density at radius 1 is 1.07 bits per heavy atom. The van der Waals surface area contributed by atoms with Crippen molar-refractivity contribution in [2.24, 2.45) is 0 Å². The lowest BCUT2D eigenvalue weighted by molar-refractivity contribution is 0.0827. The molecule has 7 nitrogen and oxygen atoms in total. The topological polar surface area (TPSA) is 75.1 Å². The molecular formula is C23H24N6O. The van der Waals surface area contributed by atoms with Crippen LogP contribution in [0.1, 0.15) is 15.9 Å². The van der Waals surface area contributed by atoms with Crippen molar-refractivity contribution in [2.75, 3.05) is 31.8 Å². The van der Waals surface area contributed by atoms with Gasteiger partial charge in [-0.3, -0.25) is 4.79 Å². The van der Waals surface area contributed by atoms with E-state index in [0.717, 1.165) is 22.7 Å². The number of benzene rings is 2. The summed E-state index contributed by atoms with van der Waals surface area (Å²) < 4.78 is 2.14. The SMILES string of the molecule is CNc1nc2cnc(Nc3ccc(C(=O)N(C)C)cc3)cc2n1Cc1ccccc1. The minimum Gasteiger partial charge on any atom is -0.359 e. The van der Waals surface area contributed by atoms with Gasteiger partial charge in [0.25, 0.3) is 5.91 Å². The molecule has 0 saturated heterocycles. The van der Waals surface area contributed by atoms with Gasteiger partial charge in [0.15, 0.2) is 0 Å². The van der Waals surface area contributed by atoms with E-state index in [0.29, 0.717) is 17.9 Å². The summed E-state index contributed by atoms with van der Waals surface area (Å²) in [4.78, 5) is 22.8. The third-order valence-corrected chi connectivity index (χ3v) is 4.85. The zero-order valence-electron chi connectivity index (χ0n) is 17.3. The van der Waals surface area contributed by atoms with Crippen molar-refractivity contribution >= 4 is 34.4 Å². The highest BCUT2D eigenvalue weighted by molar-refractivity contribution is 5.94. The molecule has 0 spiro atoms. The van der Waals surface area contributed by atoms with Gasteiger partial charge in [0, 0.05) is 38.5 Å². The zero-order chi connectivity index (χ0) is 21.1. The molecule has 1 amide bonds. The van der Waals surface area contributed by atoms with Crippen molar-refractivity contribution in [3.8, 4) is 0 Å². The molecule has 4 rings (SSSR count). The second-order valence-corrected chi connectivity index (χ2v) is 7.22. The van der Waals surface area contributed by atoms with Crippen molar-refractivity contribution in [2.45, 2.75) is 6.54 Å². The zero-order valence-corrected chi connectivity index (χ0v) is 17.3. The predicted octanol–water partition coefficient (Wildman–Crippen LogP) is 3.97. The number of hydrogen-bond donors (Lipinski definition) is 2. The highest BCUT2D eigenvalue weighted by Gasteiger charge is 2.12. The molecule has 0 fully saturated rings. The first-order chi connectivity index (χ1) is 14.5. The molecule has 2 aromatic heterocycles. The van der Waals surface area contributed by atoms with Gasteiger partial charge in [-0.2, -0.15) is 0 Å². The van der Waals surface area contributed by atoms with Crippen molar-refractivity contribution in [3.05, 3.63) is 78.0 Å². The lowest BCUT2D eigenvalue weighted by Gasteiger charge is -2.12. The Kier molecular flexibility index (Phi) is 5.34. The summed E-state index contributed by atoms with van der Waals surface area (Å²) in [5.74, 6) is 1.48. The van der Waals surface area contributed by atoms with Gasteiger partial charge in [-0.25, -0.2) is 9.97 Å². The largest absolute Gasteiger partial charge is 0.359 e. The van der Waals surface area contributed by atoms with Crippen LogP contribution in [0.2, 0.25) is 0 Å². The van der Waals surface area contributed by atoms with E-state index in [9.17, 15) is 4.79 Å². The average Bonchev–Trinajstić information content (AvgIpc) is 3.11. The van der Waals surface area contributed by atoms with E-state index in [-0.39, 0.29) is 5.91 Å². The van der Waals surface area contributed by atoms with Gasteiger partial charge in [-0.05, 0) is 29.8 Å². The molecule has 152 valence electrons. The molecule has 4 aromatic rings. The minimum atomic E-state index is -0.0227. The lowest BCUT2D eigenvalue weighted by Crippen LogP contribution is -2.21. The molecular weight excluding hydrogens is 376 g/mol. The molecule has 0 radical (unpaired) electrons. The number of amides is 1. The van der Waals surface area contributed by atoms with Crippen LogP contribution < -0.4 is 10.6 Å². The number of nitrogens with one attached hydrogen (secondary N) is 2. The fourth-order valence-electron chi connectivity index (χ4n) is 3.32. The summed E-state index contributed by atoms with van der Waals surface area (Å²) in [5.41, 5.74) is 4.52. The standard InChI is InChI=1S/C23H24N6O/c1-24-23-27-19-14-25-21(13-20(19)29(23)15-16-7-5-4-6-8-16)26-18-11-9-17(10-12-18)22(30)28(2)3/h4-14H,15H2,1-3H3,(H,24,27)(H,25,26). The number of imidazole rings is 1. The third-order valence-electron chi connectivity index (χ3n) is 4.85. The van der Waals surface area contributed by atoms with Crippen molar-refractivity contribution in [3.63, 3.8) is 0 Å². The fourth-order valence-corrected chi connectivity index (χ4v) is 3.32. The number of aromatic nitrogens is 3. The molecule has 2 aromatic carbocycles. The number of pyridine rings is 1. The van der Waals surface area contributed by atoms with E-state index in [1.807, 2.05) is 55.6 Å². The van der Waals surface area contributed by atoms with Crippen LogP contribution >= 0.6 is 0 Å². The van der Waals surface area contributed by atoms with Crippen LogP contribution in [0.15, 0.2) is 66.9 Å². The molecule has 2 N–H and O–H groups in total. The average molecular weight is 400 g/mol. The maximum atomic E-state index is 12.1. The smallest absolute Gasteiger partial charge is 0.253 e. The molecule has 7 heteroatoms. The van der Waals surface area contributed by atoms with Crippen molar-refractivity contribution in [1.29, 1.82) is 0 Å². The van der Waals surface area contributed by atoms with Gasteiger partial charge in [0.05, 0.1) is 18.3 Å². The van der Waals surface area contributed by atoms with E-state index in [1.165, 1.54) is 5.56 Å². The van der Waals surface area contributed by atoms with E-state index < -0.39 is 0 Å². The van der Waals surface area contributed by atoms with Gasteiger partial charge in [0.2, 0.25) is 5.95 Å². The monoisotopic (exact) mass is 400 g/mol. The van der Waals surface area contributed by atoms with Gasteiger partial charge >= 0.3 is 0 Å². The van der Waals surface area contributed by atoms with Crippen LogP contribution in [0.4, 0.5) is 17.5 Å². The quantitative estimate of drug-likeness (QED) is 0.512. The van der Waals surface area contributed by atoms with E-state index in [2.05, 4.69) is 37.3 Å². The van der Waals surface area contributed by atoms with E-state index >= 15 is 0 Å². The minimum absolute atomic E-state index is 0.0227. The Balaban J connectivity index is 1.62. The van der Waals surface area contributed by atoms with Crippen LogP contribution in [0.25, 0.3) is 11.0 Å². The first-order valence-electron chi connectivity index (χ1n) is 9.72. The van der Waals surface area contributed by atoms with E-state index in [1.54, 1.807) is 25.2 Å². The number of carbonyl (C=O) groups is 1. The number of rotatable bonds is 6. The molecule has 0 aliphatic heterocycles. The van der Waals surface area contributed by atoms with E-state index in [4.69, 9.17) is 0 Å². The summed E-state index contributed by atoms with van der Waals surface area (Å²) in [5, 5.41) is 6.48. The van der Waals surface area contributed by atoms with Crippen molar-refractivity contribution < 1.29 is 4.79 Å². The molecule has 0 bridgehead atoms. The van der Waals surface area contributed by atoms with Crippen molar-refractivity contribution in [1.82, 2.24) is 19.4 Å². The number of carbonyl (C=O) groups excluding carboxylic acids is 1. The molecule has 0 unspecified atom stereocenters. The molecule has 0 aliphatic carbocycles. The maximum absolute atomic E-state index is 12.1. The van der Waals surface area contributed by atoms with Crippen LogP contribution in [0.3, 0.4) is 0 Å². The number of fused-ring (bicyclic) bond motifs is 1. The molecule has 0 aliphatic rings. The summed E-state index contributed by atoms with van der Waals surface area (Å²) in [6.45, 7) is 0.707. The Morgan fingerprint density at radius 3 is 2.47 bits per heavy atom. The van der Waals surface area contributed by atoms with Crippen LogP contribution in [0.5, 0.6) is 0 Å². The Hall–Kier alpha value is -3.87. The molecule has 30 heavy (non-hydrogen) atoms. The maximum Gasteiger partial charge on any atom is 0.253 e. The Labute approximate surface area is 175 Å². The first kappa shape index (κ1) is 19.4. The summed E-state index contributed by atoms with van der Waals surface area (Å²) in [6, 6.07) is 19.6. The Morgan fingerprint density at radius 2 is 1.80 bits per heavy atom. The molecule has 0 saturated carbocycles. The second-order valence-electron chi connectivity index (χ2n) is 7.22. The van der Waals surface area contributed by atoms with Crippen LogP contribution in [0, 0.1) is 0 Å². The normalized spacial score (nSPS) is 10.8. The second kappa shape index (κ2) is 8.24. The van der Waals surface area contributed by atoms with Gasteiger partial charge in [-0.15, -0.1) is 0 Å². The predicted molar refractivity (Wildman–Crippen MR) is 120 cm³/mol. The fraction of sp³-hybridized carbons (Fsp3) is 0.174. The Bertz CT molecular complexity index is 1170. The van der Waals surface area contributed by atoms with Gasteiger partial charge in [-0.1, -0.05) is 30.3 Å². The lowest BCUT2D eigenvalue weighted by atomic mass is 10.2.